The van der Waals surface area contributed by atoms with Gasteiger partial charge in [0.2, 0.25) is 5.91 Å². The van der Waals surface area contributed by atoms with E-state index in [4.69, 9.17) is 0 Å². The number of amides is 2. The summed E-state index contributed by atoms with van der Waals surface area (Å²) < 4.78 is 29.1. The molecule has 3 rings (SSSR count). The third kappa shape index (κ3) is 4.72. The van der Waals surface area contributed by atoms with Crippen molar-refractivity contribution in [1.82, 2.24) is 9.80 Å². The Morgan fingerprint density at radius 1 is 0.931 bits per heavy atom. The first kappa shape index (κ1) is 20.8. The van der Waals surface area contributed by atoms with Gasteiger partial charge < -0.3 is 14.5 Å². The largest absolute Gasteiger partial charge is 0.435 e. The summed E-state index contributed by atoms with van der Waals surface area (Å²) in [7, 11) is 0. The average molecular weight is 402 g/mol. The van der Waals surface area contributed by atoms with Gasteiger partial charge in [-0.15, -0.1) is 0 Å². The SMILES string of the molecule is CC(C)(C(=O)N1CCN(C(=O)c2cccc(OC(F)F)c2)CC1)c1ccccc1. The van der Waals surface area contributed by atoms with Gasteiger partial charge in [-0.1, -0.05) is 36.4 Å². The van der Waals surface area contributed by atoms with Gasteiger partial charge in [-0.05, 0) is 37.6 Å². The predicted molar refractivity (Wildman–Crippen MR) is 105 cm³/mol. The first-order valence-corrected chi connectivity index (χ1v) is 9.48. The number of rotatable bonds is 5. The lowest BCUT2D eigenvalue weighted by molar-refractivity contribution is -0.137. The Morgan fingerprint density at radius 2 is 1.55 bits per heavy atom. The van der Waals surface area contributed by atoms with Crippen molar-refractivity contribution in [1.29, 1.82) is 0 Å². The summed E-state index contributed by atoms with van der Waals surface area (Å²) in [6.45, 7) is 2.48. The highest BCUT2D eigenvalue weighted by Crippen LogP contribution is 2.26. The fraction of sp³-hybridized carbons (Fsp3) is 0.364. The summed E-state index contributed by atoms with van der Waals surface area (Å²) in [6.07, 6.45) is 0. The van der Waals surface area contributed by atoms with E-state index in [2.05, 4.69) is 4.74 Å². The zero-order valence-electron chi connectivity index (χ0n) is 16.5. The predicted octanol–water partition coefficient (Wildman–Crippen LogP) is 3.55. The number of nitrogens with zero attached hydrogens (tertiary/aromatic N) is 2. The topological polar surface area (TPSA) is 49.9 Å². The maximum atomic E-state index is 13.0. The van der Waals surface area contributed by atoms with Crippen molar-refractivity contribution in [3.05, 3.63) is 65.7 Å². The van der Waals surface area contributed by atoms with Crippen LogP contribution in [-0.4, -0.2) is 54.4 Å². The summed E-state index contributed by atoms with van der Waals surface area (Å²) in [4.78, 5) is 29.2. The maximum Gasteiger partial charge on any atom is 0.387 e. The number of carbonyl (C=O) groups is 2. The van der Waals surface area contributed by atoms with Gasteiger partial charge >= 0.3 is 6.61 Å². The van der Waals surface area contributed by atoms with Gasteiger partial charge in [-0.2, -0.15) is 8.78 Å². The smallest absolute Gasteiger partial charge is 0.387 e. The summed E-state index contributed by atoms with van der Waals surface area (Å²) in [5.74, 6) is -0.300. The minimum Gasteiger partial charge on any atom is -0.435 e. The number of piperazine rings is 1. The second-order valence-electron chi connectivity index (χ2n) is 7.48. The molecule has 2 amide bonds. The van der Waals surface area contributed by atoms with E-state index >= 15 is 0 Å². The zero-order valence-corrected chi connectivity index (χ0v) is 16.5. The summed E-state index contributed by atoms with van der Waals surface area (Å²) in [5.41, 5.74) is 0.570. The van der Waals surface area contributed by atoms with E-state index in [1.807, 2.05) is 44.2 Å². The number of carbonyl (C=O) groups excluding carboxylic acids is 2. The molecule has 0 N–H and O–H groups in total. The molecule has 0 atom stereocenters. The van der Waals surface area contributed by atoms with Crippen LogP contribution in [0.4, 0.5) is 8.78 Å². The molecular formula is C22H24F2N2O3. The first-order valence-electron chi connectivity index (χ1n) is 9.48. The van der Waals surface area contributed by atoms with E-state index < -0.39 is 12.0 Å². The quantitative estimate of drug-likeness (QED) is 0.769. The number of halogens is 2. The van der Waals surface area contributed by atoms with Gasteiger partial charge in [0.05, 0.1) is 5.41 Å². The molecule has 2 aromatic carbocycles. The lowest BCUT2D eigenvalue weighted by Gasteiger charge is -2.38. The van der Waals surface area contributed by atoms with Crippen molar-refractivity contribution in [2.75, 3.05) is 26.2 Å². The van der Waals surface area contributed by atoms with E-state index in [1.165, 1.54) is 18.2 Å². The molecule has 1 fully saturated rings. The number of hydrogen-bond acceptors (Lipinski definition) is 3. The third-order valence-electron chi connectivity index (χ3n) is 5.19. The fourth-order valence-electron chi connectivity index (χ4n) is 3.47. The Labute approximate surface area is 168 Å². The molecule has 0 spiro atoms. The lowest BCUT2D eigenvalue weighted by Crippen LogP contribution is -2.54. The fourth-order valence-corrected chi connectivity index (χ4v) is 3.47. The highest BCUT2D eigenvalue weighted by Gasteiger charge is 2.35. The van der Waals surface area contributed by atoms with Crippen LogP contribution in [0.3, 0.4) is 0 Å². The molecule has 1 aliphatic rings. The van der Waals surface area contributed by atoms with E-state index in [0.29, 0.717) is 26.2 Å². The van der Waals surface area contributed by atoms with E-state index in [0.717, 1.165) is 5.56 Å². The molecule has 5 nitrogen and oxygen atoms in total. The molecule has 1 saturated heterocycles. The molecule has 2 aromatic rings. The number of ether oxygens (including phenoxy) is 1. The first-order chi connectivity index (χ1) is 13.8. The van der Waals surface area contributed by atoms with Crippen LogP contribution in [0.15, 0.2) is 54.6 Å². The van der Waals surface area contributed by atoms with Crippen molar-refractivity contribution in [2.45, 2.75) is 25.9 Å². The Balaban J connectivity index is 1.63. The van der Waals surface area contributed by atoms with Crippen LogP contribution < -0.4 is 4.74 Å². The van der Waals surface area contributed by atoms with Gasteiger partial charge in [-0.25, -0.2) is 0 Å². The molecule has 1 heterocycles. The molecule has 154 valence electrons. The summed E-state index contributed by atoms with van der Waals surface area (Å²) >= 11 is 0. The van der Waals surface area contributed by atoms with Gasteiger partial charge in [0.1, 0.15) is 5.75 Å². The van der Waals surface area contributed by atoms with Gasteiger partial charge in [-0.3, -0.25) is 9.59 Å². The Hall–Kier alpha value is -2.96. The van der Waals surface area contributed by atoms with Crippen molar-refractivity contribution in [3.8, 4) is 5.75 Å². The van der Waals surface area contributed by atoms with Crippen molar-refractivity contribution in [3.63, 3.8) is 0 Å². The van der Waals surface area contributed by atoms with Gasteiger partial charge in [0.15, 0.2) is 0 Å². The van der Waals surface area contributed by atoms with Crippen LogP contribution in [0.25, 0.3) is 0 Å². The molecule has 1 aliphatic heterocycles. The minimum atomic E-state index is -2.94. The molecule has 0 unspecified atom stereocenters. The molecule has 0 aromatic heterocycles. The number of benzene rings is 2. The number of alkyl halides is 2. The Bertz CT molecular complexity index is 863. The van der Waals surface area contributed by atoms with Gasteiger partial charge in [0, 0.05) is 31.7 Å². The monoisotopic (exact) mass is 402 g/mol. The Kier molecular flexibility index (Phi) is 6.15. The van der Waals surface area contributed by atoms with Crippen LogP contribution in [0.5, 0.6) is 5.75 Å². The molecular weight excluding hydrogens is 378 g/mol. The summed E-state index contributed by atoms with van der Waals surface area (Å²) in [5, 5.41) is 0. The van der Waals surface area contributed by atoms with Crippen molar-refractivity contribution < 1.29 is 23.1 Å². The van der Waals surface area contributed by atoms with Crippen LogP contribution in [-0.2, 0) is 10.2 Å². The molecule has 29 heavy (non-hydrogen) atoms. The molecule has 7 heteroatoms. The highest BCUT2D eigenvalue weighted by molar-refractivity contribution is 5.95. The van der Waals surface area contributed by atoms with E-state index in [-0.39, 0.29) is 23.1 Å². The van der Waals surface area contributed by atoms with Crippen molar-refractivity contribution in [2.24, 2.45) is 0 Å². The van der Waals surface area contributed by atoms with Crippen LogP contribution in [0.2, 0.25) is 0 Å². The van der Waals surface area contributed by atoms with Crippen molar-refractivity contribution >= 4 is 11.8 Å². The molecule has 0 saturated carbocycles. The molecule has 0 radical (unpaired) electrons. The maximum absolute atomic E-state index is 13.0. The molecule has 0 aliphatic carbocycles. The lowest BCUT2D eigenvalue weighted by atomic mass is 9.83. The second kappa shape index (κ2) is 8.59. The van der Waals surface area contributed by atoms with Crippen LogP contribution in [0, 0.1) is 0 Å². The normalized spacial score (nSPS) is 14.8. The van der Waals surface area contributed by atoms with E-state index in [1.54, 1.807) is 15.9 Å². The third-order valence-corrected chi connectivity index (χ3v) is 5.19. The second-order valence-corrected chi connectivity index (χ2v) is 7.48. The average Bonchev–Trinajstić information content (AvgIpc) is 2.73. The van der Waals surface area contributed by atoms with Crippen LogP contribution in [0.1, 0.15) is 29.8 Å². The van der Waals surface area contributed by atoms with Crippen LogP contribution >= 0.6 is 0 Å². The highest BCUT2D eigenvalue weighted by atomic mass is 19.3. The zero-order chi connectivity index (χ0) is 21.0. The molecule has 0 bridgehead atoms. The summed E-state index contributed by atoms with van der Waals surface area (Å²) in [6, 6.07) is 15.4. The minimum absolute atomic E-state index is 0.0168. The van der Waals surface area contributed by atoms with Gasteiger partial charge in [0.25, 0.3) is 5.91 Å². The Morgan fingerprint density at radius 3 is 2.17 bits per heavy atom. The standard InChI is InChI=1S/C22H24F2N2O3/c1-22(2,17-8-4-3-5-9-17)20(28)26-13-11-25(12-14-26)19(27)16-7-6-10-18(15-16)29-21(23)24/h3-10,15,21H,11-14H2,1-2H3. The number of hydrogen-bond donors (Lipinski definition) is 0. The van der Waals surface area contributed by atoms with E-state index in [9.17, 15) is 18.4 Å².